The van der Waals surface area contributed by atoms with Gasteiger partial charge in [0, 0.05) is 58.6 Å². The number of piperidine rings is 1. The lowest BCUT2D eigenvalue weighted by Crippen LogP contribution is -2.48. The molecule has 2 saturated heterocycles. The highest BCUT2D eigenvalue weighted by atomic mass is 16.5. The van der Waals surface area contributed by atoms with E-state index in [2.05, 4.69) is 29.4 Å². The summed E-state index contributed by atoms with van der Waals surface area (Å²) in [5.41, 5.74) is 0. The van der Waals surface area contributed by atoms with Crippen molar-refractivity contribution in [3.63, 3.8) is 0 Å². The summed E-state index contributed by atoms with van der Waals surface area (Å²) in [5.74, 6) is 1.65. The van der Waals surface area contributed by atoms with Gasteiger partial charge in [-0.25, -0.2) is 0 Å². The number of nitrogens with zero attached hydrogens (tertiary/aromatic N) is 2. The first-order valence-electron chi connectivity index (χ1n) is 10.7. The fourth-order valence-electron chi connectivity index (χ4n) is 3.65. The van der Waals surface area contributed by atoms with E-state index in [1.54, 1.807) is 0 Å². The van der Waals surface area contributed by atoms with Gasteiger partial charge in [-0.2, -0.15) is 0 Å². The Balaban J connectivity index is 1.58. The van der Waals surface area contributed by atoms with E-state index in [0.29, 0.717) is 12.0 Å². The summed E-state index contributed by atoms with van der Waals surface area (Å²) in [7, 11) is 0. The summed E-state index contributed by atoms with van der Waals surface area (Å²) in [6, 6.07) is 0.547. The van der Waals surface area contributed by atoms with Crippen LogP contribution in [0.15, 0.2) is 4.99 Å². The van der Waals surface area contributed by atoms with E-state index < -0.39 is 0 Å². The molecule has 6 heteroatoms. The van der Waals surface area contributed by atoms with Crippen molar-refractivity contribution >= 4 is 5.96 Å². The number of hydrogen-bond donors (Lipinski definition) is 2. The van der Waals surface area contributed by atoms with Gasteiger partial charge in [-0.3, -0.25) is 4.99 Å². The summed E-state index contributed by atoms with van der Waals surface area (Å²) < 4.78 is 11.2. The lowest BCUT2D eigenvalue weighted by molar-refractivity contribution is 0.0205. The number of likely N-dealkylation sites (tertiary alicyclic amines) is 1. The zero-order valence-corrected chi connectivity index (χ0v) is 17.0. The molecule has 0 bridgehead atoms. The zero-order valence-electron chi connectivity index (χ0n) is 17.0. The van der Waals surface area contributed by atoms with Gasteiger partial charge in [0.25, 0.3) is 0 Å². The van der Waals surface area contributed by atoms with Crippen molar-refractivity contribution in [3.05, 3.63) is 0 Å². The minimum Gasteiger partial charge on any atom is -0.381 e. The molecule has 2 aliphatic heterocycles. The van der Waals surface area contributed by atoms with Crippen molar-refractivity contribution < 1.29 is 9.47 Å². The van der Waals surface area contributed by atoms with Crippen LogP contribution in [0.3, 0.4) is 0 Å². The number of guanidine groups is 1. The highest BCUT2D eigenvalue weighted by Gasteiger charge is 2.19. The third kappa shape index (κ3) is 8.69. The number of aliphatic imine (C=N–C) groups is 1. The Morgan fingerprint density at radius 2 is 1.92 bits per heavy atom. The summed E-state index contributed by atoms with van der Waals surface area (Å²) in [6.45, 7) is 13.2. The second-order valence-corrected chi connectivity index (χ2v) is 7.51. The van der Waals surface area contributed by atoms with Crippen molar-refractivity contribution in [1.82, 2.24) is 15.5 Å². The van der Waals surface area contributed by atoms with Crippen molar-refractivity contribution in [2.24, 2.45) is 10.9 Å². The second-order valence-electron chi connectivity index (χ2n) is 7.51. The molecule has 6 nitrogen and oxygen atoms in total. The minimum absolute atomic E-state index is 0.547. The molecule has 0 aromatic carbocycles. The smallest absolute Gasteiger partial charge is 0.191 e. The maximum atomic E-state index is 5.83. The lowest BCUT2D eigenvalue weighted by Gasteiger charge is -2.32. The molecule has 0 atom stereocenters. The van der Waals surface area contributed by atoms with Gasteiger partial charge in [-0.1, -0.05) is 6.92 Å². The molecule has 0 aliphatic carbocycles. The third-order valence-electron chi connectivity index (χ3n) is 5.22. The number of rotatable bonds is 10. The van der Waals surface area contributed by atoms with E-state index >= 15 is 0 Å². The van der Waals surface area contributed by atoms with E-state index in [-0.39, 0.29) is 0 Å². The Hall–Kier alpha value is -0.850. The fraction of sp³-hybridized carbons (Fsp3) is 0.950. The first-order chi connectivity index (χ1) is 12.8. The molecule has 2 fully saturated rings. The molecule has 2 rings (SSSR count). The Morgan fingerprint density at radius 1 is 1.15 bits per heavy atom. The van der Waals surface area contributed by atoms with Crippen LogP contribution in [0, 0.1) is 5.92 Å². The normalized spacial score (nSPS) is 21.1. The molecule has 26 heavy (non-hydrogen) atoms. The van der Waals surface area contributed by atoms with E-state index in [0.717, 1.165) is 64.7 Å². The molecular formula is C20H40N4O2. The average Bonchev–Trinajstić information content (AvgIpc) is 2.67. The van der Waals surface area contributed by atoms with Crippen molar-refractivity contribution in [3.8, 4) is 0 Å². The molecule has 0 saturated carbocycles. The molecule has 0 radical (unpaired) electrons. The molecular weight excluding hydrogens is 328 g/mol. The van der Waals surface area contributed by atoms with Crippen LogP contribution < -0.4 is 10.6 Å². The van der Waals surface area contributed by atoms with Crippen LogP contribution in [0.25, 0.3) is 0 Å². The molecule has 0 unspecified atom stereocenters. The van der Waals surface area contributed by atoms with Gasteiger partial charge in [-0.05, 0) is 57.9 Å². The van der Waals surface area contributed by atoms with Crippen LogP contribution in [0.5, 0.6) is 0 Å². The van der Waals surface area contributed by atoms with Crippen LogP contribution in [0.4, 0.5) is 0 Å². The highest BCUT2D eigenvalue weighted by molar-refractivity contribution is 5.80. The first-order valence-corrected chi connectivity index (χ1v) is 10.7. The monoisotopic (exact) mass is 368 g/mol. The zero-order chi connectivity index (χ0) is 18.5. The first kappa shape index (κ1) is 21.5. The van der Waals surface area contributed by atoms with Crippen LogP contribution in [-0.4, -0.2) is 76.1 Å². The molecule has 0 spiro atoms. The Morgan fingerprint density at radius 3 is 2.62 bits per heavy atom. The maximum Gasteiger partial charge on any atom is 0.191 e. The van der Waals surface area contributed by atoms with E-state index in [9.17, 15) is 0 Å². The lowest BCUT2D eigenvalue weighted by atomic mass is 10.0. The van der Waals surface area contributed by atoms with Gasteiger partial charge in [0.15, 0.2) is 5.96 Å². The largest absolute Gasteiger partial charge is 0.381 e. The van der Waals surface area contributed by atoms with Gasteiger partial charge >= 0.3 is 0 Å². The number of hydrogen-bond acceptors (Lipinski definition) is 4. The van der Waals surface area contributed by atoms with E-state index in [1.807, 2.05) is 0 Å². The summed E-state index contributed by atoms with van der Waals surface area (Å²) >= 11 is 0. The van der Waals surface area contributed by atoms with Gasteiger partial charge in [-0.15, -0.1) is 0 Å². The van der Waals surface area contributed by atoms with Crippen LogP contribution in [0.2, 0.25) is 0 Å². The van der Waals surface area contributed by atoms with E-state index in [4.69, 9.17) is 14.5 Å². The average molecular weight is 369 g/mol. The molecule has 0 amide bonds. The van der Waals surface area contributed by atoms with Crippen molar-refractivity contribution in [2.75, 3.05) is 59.2 Å². The second kappa shape index (κ2) is 13.3. The number of nitrogens with one attached hydrogen (secondary N) is 2. The number of ether oxygens (including phenoxy) is 2. The van der Waals surface area contributed by atoms with Crippen LogP contribution in [0.1, 0.15) is 52.4 Å². The van der Waals surface area contributed by atoms with Gasteiger partial charge in [0.2, 0.25) is 0 Å². The molecule has 152 valence electrons. The maximum absolute atomic E-state index is 5.83. The summed E-state index contributed by atoms with van der Waals surface area (Å²) in [4.78, 5) is 7.30. The Labute approximate surface area is 160 Å². The molecule has 2 N–H and O–H groups in total. The highest BCUT2D eigenvalue weighted by Crippen LogP contribution is 2.14. The SMILES string of the molecule is CCCN1CCC(NC(=NCCCOCC2CCOCC2)NCC)CC1. The Bertz CT molecular complexity index is 378. The molecule has 2 heterocycles. The quantitative estimate of drug-likeness (QED) is 0.352. The van der Waals surface area contributed by atoms with Crippen LogP contribution >= 0.6 is 0 Å². The fourth-order valence-corrected chi connectivity index (χ4v) is 3.65. The standard InChI is InChI=1S/C20H40N4O2/c1-3-11-24-12-6-19(7-13-24)23-20(21-4-2)22-10-5-14-26-17-18-8-15-25-16-9-18/h18-19H,3-17H2,1-2H3,(H2,21,22,23). The third-order valence-corrected chi connectivity index (χ3v) is 5.22. The molecule has 0 aromatic rings. The Kier molecular flexibility index (Phi) is 11.0. The van der Waals surface area contributed by atoms with Gasteiger partial charge in [0.1, 0.15) is 0 Å². The van der Waals surface area contributed by atoms with Crippen molar-refractivity contribution in [2.45, 2.75) is 58.4 Å². The molecule has 0 aromatic heterocycles. The summed E-state index contributed by atoms with van der Waals surface area (Å²) in [5, 5.41) is 7.00. The molecule has 2 aliphatic rings. The summed E-state index contributed by atoms with van der Waals surface area (Å²) in [6.07, 6.45) is 6.93. The minimum atomic E-state index is 0.547. The predicted octanol–water partition coefficient (Wildman–Crippen LogP) is 2.25. The van der Waals surface area contributed by atoms with Gasteiger partial charge in [0.05, 0.1) is 0 Å². The van der Waals surface area contributed by atoms with Crippen molar-refractivity contribution in [1.29, 1.82) is 0 Å². The van der Waals surface area contributed by atoms with Crippen LogP contribution in [-0.2, 0) is 9.47 Å². The predicted molar refractivity (Wildman–Crippen MR) is 108 cm³/mol. The topological polar surface area (TPSA) is 58.1 Å². The van der Waals surface area contributed by atoms with E-state index in [1.165, 1.54) is 38.9 Å². The van der Waals surface area contributed by atoms with Gasteiger partial charge < -0.3 is 25.0 Å².